The fraction of sp³-hybridized carbons (Fsp3) is 0.278. The molecule has 0 bridgehead atoms. The Morgan fingerprint density at radius 2 is 2.00 bits per heavy atom. The zero-order valence-electron chi connectivity index (χ0n) is 12.4. The highest BCUT2D eigenvalue weighted by atomic mass is 19.1. The van der Waals surface area contributed by atoms with Crippen molar-refractivity contribution in [1.29, 1.82) is 0 Å². The molecule has 1 fully saturated rings. The molecule has 120 valence electrons. The van der Waals surface area contributed by atoms with E-state index in [-0.39, 0.29) is 35.7 Å². The molecule has 0 spiro atoms. The number of nitrogens with one attached hydrogen (secondary N) is 1. The lowest BCUT2D eigenvalue weighted by Crippen LogP contribution is -2.30. The Bertz CT molecular complexity index is 720. The summed E-state index contributed by atoms with van der Waals surface area (Å²) in [6.07, 6.45) is -0.433. The van der Waals surface area contributed by atoms with E-state index >= 15 is 0 Å². The summed E-state index contributed by atoms with van der Waals surface area (Å²) in [7, 11) is 0. The minimum absolute atomic E-state index is 0.0105. The molecule has 2 N–H and O–H groups in total. The lowest BCUT2D eigenvalue weighted by molar-refractivity contribution is -0.122. The third kappa shape index (κ3) is 3.56. The fourth-order valence-corrected chi connectivity index (χ4v) is 2.77. The first-order valence-corrected chi connectivity index (χ1v) is 7.52. The Kier molecular flexibility index (Phi) is 4.39. The highest BCUT2D eigenvalue weighted by molar-refractivity contribution is 5.82. The van der Waals surface area contributed by atoms with Gasteiger partial charge in [0.05, 0.1) is 6.10 Å². The molecule has 1 aliphatic carbocycles. The van der Waals surface area contributed by atoms with Crippen LogP contribution in [0.3, 0.4) is 0 Å². The number of hydrogen-bond donors (Lipinski definition) is 2. The Balaban J connectivity index is 1.54. The molecule has 1 aliphatic rings. The van der Waals surface area contributed by atoms with Crippen LogP contribution in [0.25, 0.3) is 0 Å². The van der Waals surface area contributed by atoms with E-state index < -0.39 is 11.9 Å². The van der Waals surface area contributed by atoms with Crippen LogP contribution in [0, 0.1) is 17.6 Å². The molecule has 0 aliphatic heterocycles. The van der Waals surface area contributed by atoms with Gasteiger partial charge in [0.25, 0.3) is 0 Å². The lowest BCUT2D eigenvalue weighted by Gasteiger charge is -2.13. The van der Waals surface area contributed by atoms with Gasteiger partial charge in [0, 0.05) is 18.0 Å². The van der Waals surface area contributed by atoms with E-state index in [9.17, 15) is 18.7 Å². The van der Waals surface area contributed by atoms with Crippen LogP contribution in [0.1, 0.15) is 29.6 Å². The molecule has 0 aromatic heterocycles. The van der Waals surface area contributed by atoms with Crippen LogP contribution in [-0.2, 0) is 4.79 Å². The van der Waals surface area contributed by atoms with Gasteiger partial charge in [-0.3, -0.25) is 4.79 Å². The zero-order valence-corrected chi connectivity index (χ0v) is 12.4. The first-order valence-electron chi connectivity index (χ1n) is 7.52. The van der Waals surface area contributed by atoms with Gasteiger partial charge in [0.15, 0.2) is 0 Å². The molecule has 0 radical (unpaired) electrons. The molecule has 3 nitrogen and oxygen atoms in total. The summed E-state index contributed by atoms with van der Waals surface area (Å²) in [6, 6.07) is 12.1. The van der Waals surface area contributed by atoms with E-state index in [1.54, 1.807) is 18.2 Å². The molecular weight excluding hydrogens is 300 g/mol. The smallest absolute Gasteiger partial charge is 0.223 e. The molecule has 0 heterocycles. The average Bonchev–Trinajstić information content (AvgIpc) is 3.33. The van der Waals surface area contributed by atoms with Gasteiger partial charge < -0.3 is 10.4 Å². The van der Waals surface area contributed by atoms with Crippen molar-refractivity contribution in [2.75, 3.05) is 6.54 Å². The summed E-state index contributed by atoms with van der Waals surface area (Å²) >= 11 is 0. The molecule has 2 aromatic rings. The van der Waals surface area contributed by atoms with Crippen molar-refractivity contribution in [3.63, 3.8) is 0 Å². The molecular formula is C18H17F2NO2. The first-order chi connectivity index (χ1) is 11.1. The van der Waals surface area contributed by atoms with Crippen LogP contribution >= 0.6 is 0 Å². The summed E-state index contributed by atoms with van der Waals surface area (Å²) in [5.41, 5.74) is 0.963. The van der Waals surface area contributed by atoms with E-state index in [1.807, 2.05) is 0 Å². The van der Waals surface area contributed by atoms with E-state index in [0.717, 1.165) is 5.56 Å². The normalized spacial score (nSPS) is 20.8. The monoisotopic (exact) mass is 317 g/mol. The maximum absolute atomic E-state index is 13.5. The van der Waals surface area contributed by atoms with Crippen LogP contribution in [0.2, 0.25) is 0 Å². The zero-order chi connectivity index (χ0) is 16.4. The summed E-state index contributed by atoms with van der Waals surface area (Å²) in [5, 5.41) is 12.6. The minimum Gasteiger partial charge on any atom is -0.386 e. The minimum atomic E-state index is -1.09. The summed E-state index contributed by atoms with van der Waals surface area (Å²) in [6.45, 7) is -0.0495. The van der Waals surface area contributed by atoms with Gasteiger partial charge in [-0.25, -0.2) is 8.78 Å². The molecule has 3 atom stereocenters. The van der Waals surface area contributed by atoms with Crippen molar-refractivity contribution in [1.82, 2.24) is 5.32 Å². The van der Waals surface area contributed by atoms with E-state index in [0.29, 0.717) is 6.42 Å². The second-order valence-electron chi connectivity index (χ2n) is 5.79. The highest BCUT2D eigenvalue weighted by Crippen LogP contribution is 2.47. The van der Waals surface area contributed by atoms with Gasteiger partial charge in [-0.15, -0.1) is 0 Å². The number of hydrogen-bond acceptors (Lipinski definition) is 2. The van der Waals surface area contributed by atoms with Gasteiger partial charge in [-0.05, 0) is 36.1 Å². The number of carbonyl (C=O) groups excluding carboxylic acids is 1. The predicted octanol–water partition coefficient (Wildman–Crippen LogP) is 2.92. The van der Waals surface area contributed by atoms with E-state index in [4.69, 9.17) is 0 Å². The molecule has 3 rings (SSSR count). The summed E-state index contributed by atoms with van der Waals surface area (Å²) < 4.78 is 26.7. The van der Waals surface area contributed by atoms with Gasteiger partial charge in [0.1, 0.15) is 11.6 Å². The van der Waals surface area contributed by atoms with Crippen molar-refractivity contribution >= 4 is 5.91 Å². The molecule has 1 amide bonds. The third-order valence-electron chi connectivity index (χ3n) is 4.14. The maximum atomic E-state index is 13.5. The topological polar surface area (TPSA) is 49.3 Å². The van der Waals surface area contributed by atoms with Crippen LogP contribution in [-0.4, -0.2) is 17.6 Å². The summed E-state index contributed by atoms with van der Waals surface area (Å²) in [4.78, 5) is 12.1. The fourth-order valence-electron chi connectivity index (χ4n) is 2.77. The molecule has 3 unspecified atom stereocenters. The Labute approximate surface area is 133 Å². The number of amides is 1. The van der Waals surface area contributed by atoms with Crippen molar-refractivity contribution in [3.8, 4) is 0 Å². The molecule has 0 saturated heterocycles. The van der Waals surface area contributed by atoms with Gasteiger partial charge in [-0.1, -0.05) is 30.3 Å². The number of carbonyl (C=O) groups is 1. The van der Waals surface area contributed by atoms with Crippen LogP contribution in [0.5, 0.6) is 0 Å². The van der Waals surface area contributed by atoms with Gasteiger partial charge in [-0.2, -0.15) is 0 Å². The number of aliphatic hydroxyl groups excluding tert-OH is 1. The number of aliphatic hydroxyl groups is 1. The Morgan fingerprint density at radius 3 is 2.74 bits per heavy atom. The van der Waals surface area contributed by atoms with Crippen molar-refractivity contribution < 1.29 is 18.7 Å². The van der Waals surface area contributed by atoms with Crippen molar-refractivity contribution in [2.24, 2.45) is 5.92 Å². The standard InChI is InChI=1S/C18H17F2NO2/c19-12-5-3-4-11(8-12)14-9-15(14)18(23)21-10-17(22)13-6-1-2-7-16(13)20/h1-8,14-15,17,22H,9-10H2,(H,21,23). The van der Waals surface area contributed by atoms with Gasteiger partial charge in [0.2, 0.25) is 5.91 Å². The summed E-state index contributed by atoms with van der Waals surface area (Å²) in [5.74, 6) is -1.22. The molecule has 1 saturated carbocycles. The van der Waals surface area contributed by atoms with E-state index in [2.05, 4.69) is 5.32 Å². The predicted molar refractivity (Wildman–Crippen MR) is 81.6 cm³/mol. The maximum Gasteiger partial charge on any atom is 0.223 e. The Morgan fingerprint density at radius 1 is 1.22 bits per heavy atom. The van der Waals surface area contributed by atoms with Crippen molar-refractivity contribution in [2.45, 2.75) is 18.4 Å². The molecule has 2 aromatic carbocycles. The van der Waals surface area contributed by atoms with Crippen LogP contribution in [0.15, 0.2) is 48.5 Å². The number of halogens is 2. The van der Waals surface area contributed by atoms with Crippen LogP contribution < -0.4 is 5.32 Å². The van der Waals surface area contributed by atoms with Crippen molar-refractivity contribution in [3.05, 3.63) is 71.3 Å². The number of rotatable bonds is 5. The second kappa shape index (κ2) is 6.46. The first kappa shape index (κ1) is 15.6. The largest absolute Gasteiger partial charge is 0.386 e. The molecule has 5 heteroatoms. The second-order valence-corrected chi connectivity index (χ2v) is 5.79. The quantitative estimate of drug-likeness (QED) is 0.891. The third-order valence-corrected chi connectivity index (χ3v) is 4.14. The Hall–Kier alpha value is -2.27. The van der Waals surface area contributed by atoms with Crippen LogP contribution in [0.4, 0.5) is 8.78 Å². The van der Waals surface area contributed by atoms with Gasteiger partial charge >= 0.3 is 0 Å². The SMILES string of the molecule is O=C(NCC(O)c1ccccc1F)C1CC1c1cccc(F)c1. The van der Waals surface area contributed by atoms with E-state index in [1.165, 1.54) is 30.3 Å². The average molecular weight is 317 g/mol. The number of benzene rings is 2. The lowest BCUT2D eigenvalue weighted by atomic mass is 10.1. The molecule has 23 heavy (non-hydrogen) atoms. The highest BCUT2D eigenvalue weighted by Gasteiger charge is 2.44.